The van der Waals surface area contributed by atoms with E-state index in [4.69, 9.17) is 23.7 Å². The maximum Gasteiger partial charge on any atom is 0.303 e. The summed E-state index contributed by atoms with van der Waals surface area (Å²) < 4.78 is 29.2. The molecule has 1 aliphatic heterocycles. The van der Waals surface area contributed by atoms with Gasteiger partial charge < -0.3 is 23.7 Å². The quantitative estimate of drug-likeness (QED) is 0.378. The van der Waals surface area contributed by atoms with Crippen LogP contribution in [0.15, 0.2) is 60.7 Å². The van der Waals surface area contributed by atoms with Crippen molar-refractivity contribution in [2.75, 3.05) is 6.61 Å². The van der Waals surface area contributed by atoms with Gasteiger partial charge in [-0.3, -0.25) is 9.59 Å². The van der Waals surface area contributed by atoms with Crippen LogP contribution in [0.25, 0.3) is 0 Å². The molecule has 1 saturated heterocycles. The third-order valence-corrected chi connectivity index (χ3v) is 5.64. The second kappa shape index (κ2) is 12.1. The van der Waals surface area contributed by atoms with E-state index >= 15 is 0 Å². The first-order chi connectivity index (χ1) is 15.4. The highest BCUT2D eigenvalue weighted by atomic mass is 79.9. The van der Waals surface area contributed by atoms with Crippen LogP contribution in [0.4, 0.5) is 0 Å². The number of hydrogen-bond donors (Lipinski definition) is 0. The number of ether oxygens (including phenoxy) is 5. The Morgan fingerprint density at radius 3 is 1.84 bits per heavy atom. The fourth-order valence-corrected chi connectivity index (χ4v) is 4.17. The molecule has 1 heterocycles. The van der Waals surface area contributed by atoms with E-state index in [2.05, 4.69) is 15.9 Å². The number of alkyl halides is 1. The van der Waals surface area contributed by atoms with Crippen molar-refractivity contribution in [3.8, 4) is 0 Å². The molecule has 1 fully saturated rings. The number of carbonyl (C=O) groups excluding carboxylic acids is 2. The molecule has 172 valence electrons. The number of esters is 2. The predicted octanol–water partition coefficient (Wildman–Crippen LogP) is 3.77. The van der Waals surface area contributed by atoms with Gasteiger partial charge in [-0.15, -0.1) is 0 Å². The Morgan fingerprint density at radius 2 is 1.34 bits per heavy atom. The zero-order valence-electron chi connectivity index (χ0n) is 18.0. The fourth-order valence-electron chi connectivity index (χ4n) is 3.43. The number of carbonyl (C=O) groups is 2. The number of benzene rings is 2. The Morgan fingerprint density at radius 1 is 0.812 bits per heavy atom. The van der Waals surface area contributed by atoms with E-state index in [-0.39, 0.29) is 13.2 Å². The maximum absolute atomic E-state index is 12.0. The Balaban J connectivity index is 1.81. The molecule has 5 atom stereocenters. The molecule has 3 rings (SSSR count). The number of rotatable bonds is 9. The van der Waals surface area contributed by atoms with Crippen LogP contribution in [0.1, 0.15) is 25.0 Å². The van der Waals surface area contributed by atoms with Crippen molar-refractivity contribution in [3.63, 3.8) is 0 Å². The summed E-state index contributed by atoms with van der Waals surface area (Å²) in [6.07, 6.45) is -2.80. The van der Waals surface area contributed by atoms with Crippen LogP contribution in [0.3, 0.4) is 0 Å². The van der Waals surface area contributed by atoms with Crippen LogP contribution in [-0.2, 0) is 46.5 Å². The van der Waals surface area contributed by atoms with Gasteiger partial charge in [-0.2, -0.15) is 0 Å². The van der Waals surface area contributed by atoms with Gasteiger partial charge in [-0.1, -0.05) is 76.6 Å². The van der Waals surface area contributed by atoms with Gasteiger partial charge >= 0.3 is 11.9 Å². The zero-order chi connectivity index (χ0) is 22.9. The SMILES string of the molecule is CC(=O)OCC1O[C@H](Br)C(OCc2ccccc2)C(OC(C)=O)[C@@H]1OCc1ccccc1. The minimum atomic E-state index is -0.779. The normalized spacial score (nSPS) is 25.2. The molecule has 0 saturated carbocycles. The van der Waals surface area contributed by atoms with Crippen LogP contribution in [0.5, 0.6) is 0 Å². The summed E-state index contributed by atoms with van der Waals surface area (Å²) >= 11 is 3.50. The Hall–Kier alpha value is -2.26. The Kier molecular flexibility index (Phi) is 9.23. The lowest BCUT2D eigenvalue weighted by molar-refractivity contribution is -0.245. The van der Waals surface area contributed by atoms with Gasteiger partial charge in [-0.25, -0.2) is 0 Å². The Labute approximate surface area is 196 Å². The van der Waals surface area contributed by atoms with Crippen LogP contribution >= 0.6 is 15.9 Å². The highest BCUT2D eigenvalue weighted by Gasteiger charge is 2.49. The smallest absolute Gasteiger partial charge is 0.303 e. The van der Waals surface area contributed by atoms with Crippen molar-refractivity contribution in [2.45, 2.75) is 56.5 Å². The lowest BCUT2D eigenvalue weighted by Gasteiger charge is -2.43. The first-order valence-corrected chi connectivity index (χ1v) is 11.3. The van der Waals surface area contributed by atoms with E-state index in [9.17, 15) is 9.59 Å². The van der Waals surface area contributed by atoms with Gasteiger partial charge in [0.2, 0.25) is 0 Å². The largest absolute Gasteiger partial charge is 0.463 e. The van der Waals surface area contributed by atoms with Crippen LogP contribution in [-0.4, -0.2) is 48.0 Å². The molecule has 0 aliphatic carbocycles. The molecule has 0 amide bonds. The standard InChI is InChI=1S/C24H27BrO7/c1-16(26)28-15-20-21(29-13-18-9-5-3-6-10-18)22(31-17(2)27)23(24(25)32-20)30-14-19-11-7-4-8-12-19/h3-12,20-24H,13-15H2,1-2H3/t20?,21-,22?,23?,24+/m1/s1. The first-order valence-electron chi connectivity index (χ1n) is 10.3. The highest BCUT2D eigenvalue weighted by molar-refractivity contribution is 9.09. The molecule has 7 nitrogen and oxygen atoms in total. The molecule has 1 aliphatic rings. The zero-order valence-corrected chi connectivity index (χ0v) is 19.6. The average Bonchev–Trinajstić information content (AvgIpc) is 2.77. The number of hydrogen-bond acceptors (Lipinski definition) is 7. The van der Waals surface area contributed by atoms with E-state index in [1.54, 1.807) is 0 Å². The summed E-state index contributed by atoms with van der Waals surface area (Å²) in [5, 5.41) is -0.604. The summed E-state index contributed by atoms with van der Waals surface area (Å²) in [5.74, 6) is -0.905. The van der Waals surface area contributed by atoms with Crippen LogP contribution in [0.2, 0.25) is 0 Å². The van der Waals surface area contributed by atoms with Crippen molar-refractivity contribution < 1.29 is 33.3 Å². The van der Waals surface area contributed by atoms with Gasteiger partial charge in [0.1, 0.15) is 29.9 Å². The molecule has 8 heteroatoms. The summed E-state index contributed by atoms with van der Waals surface area (Å²) in [6, 6.07) is 19.3. The molecule has 0 radical (unpaired) electrons. The molecule has 0 N–H and O–H groups in total. The van der Waals surface area contributed by atoms with Crippen molar-refractivity contribution in [2.24, 2.45) is 0 Å². The van der Waals surface area contributed by atoms with Crippen molar-refractivity contribution in [1.82, 2.24) is 0 Å². The maximum atomic E-state index is 12.0. The Bertz CT molecular complexity index is 861. The predicted molar refractivity (Wildman–Crippen MR) is 120 cm³/mol. The monoisotopic (exact) mass is 506 g/mol. The van der Waals surface area contributed by atoms with Gasteiger partial charge in [0.25, 0.3) is 0 Å². The second-order valence-electron chi connectivity index (χ2n) is 7.42. The molecular formula is C24H27BrO7. The van der Waals surface area contributed by atoms with Crippen LogP contribution < -0.4 is 0 Å². The van der Waals surface area contributed by atoms with Gasteiger partial charge in [0.05, 0.1) is 13.2 Å². The van der Waals surface area contributed by atoms with E-state index in [1.807, 2.05) is 60.7 Å². The van der Waals surface area contributed by atoms with Gasteiger partial charge in [0, 0.05) is 13.8 Å². The molecule has 3 unspecified atom stereocenters. The molecule has 32 heavy (non-hydrogen) atoms. The minimum absolute atomic E-state index is 0.0416. The van der Waals surface area contributed by atoms with E-state index in [0.29, 0.717) is 6.61 Å². The topological polar surface area (TPSA) is 80.3 Å². The van der Waals surface area contributed by atoms with E-state index in [1.165, 1.54) is 13.8 Å². The minimum Gasteiger partial charge on any atom is -0.463 e. The second-order valence-corrected chi connectivity index (χ2v) is 8.33. The van der Waals surface area contributed by atoms with Crippen molar-refractivity contribution in [3.05, 3.63) is 71.8 Å². The van der Waals surface area contributed by atoms with E-state index in [0.717, 1.165) is 11.1 Å². The lowest BCUT2D eigenvalue weighted by Crippen LogP contribution is -2.60. The van der Waals surface area contributed by atoms with E-state index < -0.39 is 41.4 Å². The lowest BCUT2D eigenvalue weighted by atomic mass is 9.99. The molecule has 0 bridgehead atoms. The average molecular weight is 507 g/mol. The van der Waals surface area contributed by atoms with Gasteiger partial charge in [0.15, 0.2) is 6.10 Å². The summed E-state index contributed by atoms with van der Waals surface area (Å²) in [6.45, 7) is 3.18. The summed E-state index contributed by atoms with van der Waals surface area (Å²) in [7, 11) is 0. The highest BCUT2D eigenvalue weighted by Crippen LogP contribution is 2.32. The molecule has 0 spiro atoms. The summed E-state index contributed by atoms with van der Waals surface area (Å²) in [5.41, 5.74) is 1.92. The molecular weight excluding hydrogens is 480 g/mol. The third-order valence-electron chi connectivity index (χ3n) is 4.90. The molecule has 2 aromatic carbocycles. The molecule has 0 aromatic heterocycles. The van der Waals surface area contributed by atoms with Crippen molar-refractivity contribution >= 4 is 27.9 Å². The summed E-state index contributed by atoms with van der Waals surface area (Å²) in [4.78, 5) is 23.4. The fraction of sp³-hybridized carbons (Fsp3) is 0.417. The molecule has 2 aromatic rings. The number of halogens is 1. The van der Waals surface area contributed by atoms with Gasteiger partial charge in [-0.05, 0) is 11.1 Å². The third kappa shape index (κ3) is 7.13. The van der Waals surface area contributed by atoms with Crippen molar-refractivity contribution in [1.29, 1.82) is 0 Å². The first kappa shape index (κ1) is 24.4. The van der Waals surface area contributed by atoms with Crippen LogP contribution in [0, 0.1) is 0 Å².